The summed E-state index contributed by atoms with van der Waals surface area (Å²) in [5, 5.41) is 8.05. The SMILES string of the molecule is CCCNC(=O)c1cc(NC(=O)c2cc(NC(=O)CCS(=O)(=O)OC)cn2C)cn1C. The van der Waals surface area contributed by atoms with Crippen LogP contribution in [0.25, 0.3) is 0 Å². The number of nitrogens with zero attached hydrogens (tertiary/aromatic N) is 2. The molecule has 0 saturated carbocycles. The predicted octanol–water partition coefficient (Wildman–Crippen LogP) is 1.06. The summed E-state index contributed by atoms with van der Waals surface area (Å²) in [4.78, 5) is 36.7. The molecule has 2 aromatic heterocycles. The zero-order valence-electron chi connectivity index (χ0n) is 17.9. The molecule has 2 heterocycles. The van der Waals surface area contributed by atoms with Crippen LogP contribution in [0.2, 0.25) is 0 Å². The highest BCUT2D eigenvalue weighted by atomic mass is 32.2. The summed E-state index contributed by atoms with van der Waals surface area (Å²) in [5.41, 5.74) is 1.47. The van der Waals surface area contributed by atoms with E-state index in [9.17, 15) is 22.8 Å². The first-order valence-corrected chi connectivity index (χ1v) is 11.1. The van der Waals surface area contributed by atoms with Crippen LogP contribution >= 0.6 is 0 Å². The van der Waals surface area contributed by atoms with E-state index < -0.39 is 27.7 Å². The minimum absolute atomic E-state index is 0.232. The molecular formula is C19H27N5O6S. The molecule has 3 N–H and O–H groups in total. The molecule has 12 heteroatoms. The van der Waals surface area contributed by atoms with E-state index in [1.165, 1.54) is 16.8 Å². The van der Waals surface area contributed by atoms with Gasteiger partial charge in [0.1, 0.15) is 11.4 Å². The molecule has 0 aliphatic carbocycles. The van der Waals surface area contributed by atoms with Gasteiger partial charge in [-0.3, -0.25) is 18.6 Å². The molecule has 0 atom stereocenters. The zero-order valence-corrected chi connectivity index (χ0v) is 18.7. The lowest BCUT2D eigenvalue weighted by molar-refractivity contribution is -0.115. The van der Waals surface area contributed by atoms with Gasteiger partial charge in [0.15, 0.2) is 0 Å². The van der Waals surface area contributed by atoms with Gasteiger partial charge in [0, 0.05) is 39.5 Å². The molecule has 0 bridgehead atoms. The van der Waals surface area contributed by atoms with Gasteiger partial charge in [0.2, 0.25) is 5.91 Å². The second-order valence-corrected chi connectivity index (χ2v) is 8.74. The van der Waals surface area contributed by atoms with Crippen molar-refractivity contribution in [2.24, 2.45) is 14.1 Å². The molecule has 0 saturated heterocycles. The lowest BCUT2D eigenvalue weighted by Crippen LogP contribution is -2.25. The maximum atomic E-state index is 12.6. The van der Waals surface area contributed by atoms with Gasteiger partial charge in [-0.1, -0.05) is 6.92 Å². The van der Waals surface area contributed by atoms with Crippen LogP contribution in [0.4, 0.5) is 11.4 Å². The number of hydrogen-bond acceptors (Lipinski definition) is 6. The molecule has 11 nitrogen and oxygen atoms in total. The summed E-state index contributed by atoms with van der Waals surface area (Å²) in [5.74, 6) is -1.64. The topological polar surface area (TPSA) is 141 Å². The van der Waals surface area contributed by atoms with Crippen molar-refractivity contribution in [3.05, 3.63) is 35.9 Å². The average Bonchev–Trinajstić information content (AvgIpc) is 3.26. The number of aryl methyl sites for hydroxylation is 2. The molecule has 0 aliphatic heterocycles. The van der Waals surface area contributed by atoms with Crippen molar-refractivity contribution in [1.82, 2.24) is 14.5 Å². The van der Waals surface area contributed by atoms with Crippen molar-refractivity contribution >= 4 is 39.2 Å². The number of aromatic nitrogens is 2. The monoisotopic (exact) mass is 453 g/mol. The lowest BCUT2D eigenvalue weighted by Gasteiger charge is -2.03. The van der Waals surface area contributed by atoms with E-state index in [1.54, 1.807) is 30.9 Å². The van der Waals surface area contributed by atoms with Crippen molar-refractivity contribution in [3.8, 4) is 0 Å². The van der Waals surface area contributed by atoms with Crippen LogP contribution in [0, 0.1) is 0 Å². The maximum absolute atomic E-state index is 12.6. The second kappa shape index (κ2) is 10.3. The van der Waals surface area contributed by atoms with E-state index in [0.717, 1.165) is 13.5 Å². The summed E-state index contributed by atoms with van der Waals surface area (Å²) in [7, 11) is 0.637. The molecule has 0 fully saturated rings. The Morgan fingerprint density at radius 3 is 2.06 bits per heavy atom. The van der Waals surface area contributed by atoms with Gasteiger partial charge in [-0.05, 0) is 18.6 Å². The first kappa shape index (κ1) is 24.2. The fraction of sp³-hybridized carbons (Fsp3) is 0.421. The molecule has 0 aromatic carbocycles. The molecule has 2 aromatic rings. The van der Waals surface area contributed by atoms with Crippen LogP contribution in [0.5, 0.6) is 0 Å². The van der Waals surface area contributed by atoms with Crippen molar-refractivity contribution in [2.75, 3.05) is 30.0 Å². The predicted molar refractivity (Wildman–Crippen MR) is 115 cm³/mol. The molecule has 2 rings (SSSR count). The number of nitrogens with one attached hydrogen (secondary N) is 3. The highest BCUT2D eigenvalue weighted by Crippen LogP contribution is 2.17. The first-order chi connectivity index (χ1) is 14.6. The molecule has 170 valence electrons. The molecule has 3 amide bonds. The number of anilines is 2. The van der Waals surface area contributed by atoms with E-state index in [2.05, 4.69) is 20.1 Å². The lowest BCUT2D eigenvalue weighted by atomic mass is 10.3. The van der Waals surface area contributed by atoms with E-state index in [1.807, 2.05) is 6.92 Å². The number of hydrogen-bond donors (Lipinski definition) is 3. The number of carbonyl (C=O) groups is 3. The Morgan fingerprint density at radius 2 is 1.52 bits per heavy atom. The van der Waals surface area contributed by atoms with Crippen molar-refractivity contribution in [3.63, 3.8) is 0 Å². The second-order valence-electron chi connectivity index (χ2n) is 6.89. The fourth-order valence-electron chi connectivity index (χ4n) is 2.77. The average molecular weight is 454 g/mol. The molecule has 0 radical (unpaired) electrons. The summed E-state index contributed by atoms with van der Waals surface area (Å²) in [6.07, 6.45) is 3.70. The summed E-state index contributed by atoms with van der Waals surface area (Å²) in [6.45, 7) is 2.51. The molecule has 0 unspecified atom stereocenters. The normalized spacial score (nSPS) is 11.2. The molecular weight excluding hydrogens is 426 g/mol. The largest absolute Gasteiger partial charge is 0.351 e. The molecule has 0 spiro atoms. The number of rotatable bonds is 10. The van der Waals surface area contributed by atoms with Crippen LogP contribution < -0.4 is 16.0 Å². The minimum Gasteiger partial charge on any atom is -0.351 e. The van der Waals surface area contributed by atoms with E-state index in [-0.39, 0.29) is 18.0 Å². The third kappa shape index (κ3) is 6.69. The number of amides is 3. The smallest absolute Gasteiger partial charge is 0.272 e. The van der Waals surface area contributed by atoms with E-state index >= 15 is 0 Å². The van der Waals surface area contributed by atoms with Crippen molar-refractivity contribution < 1.29 is 27.0 Å². The summed E-state index contributed by atoms with van der Waals surface area (Å²) < 4.78 is 30.1. The maximum Gasteiger partial charge on any atom is 0.272 e. The van der Waals surface area contributed by atoms with Gasteiger partial charge in [-0.25, -0.2) is 0 Å². The van der Waals surface area contributed by atoms with E-state index in [4.69, 9.17) is 0 Å². The van der Waals surface area contributed by atoms with Gasteiger partial charge in [0.05, 0.1) is 24.2 Å². The third-order valence-electron chi connectivity index (χ3n) is 4.39. The summed E-state index contributed by atoms with van der Waals surface area (Å²) in [6, 6.07) is 3.04. The molecule has 31 heavy (non-hydrogen) atoms. The van der Waals surface area contributed by atoms with Gasteiger partial charge in [0.25, 0.3) is 21.9 Å². The Balaban J connectivity index is 2.03. The Kier molecular flexibility index (Phi) is 8.00. The van der Waals surface area contributed by atoms with Gasteiger partial charge in [-0.2, -0.15) is 8.42 Å². The van der Waals surface area contributed by atoms with Gasteiger partial charge in [-0.15, -0.1) is 0 Å². The van der Waals surface area contributed by atoms with Crippen molar-refractivity contribution in [2.45, 2.75) is 19.8 Å². The number of carbonyl (C=O) groups excluding carboxylic acids is 3. The third-order valence-corrected chi connectivity index (χ3v) is 5.60. The first-order valence-electron chi connectivity index (χ1n) is 9.56. The van der Waals surface area contributed by atoms with Gasteiger partial charge >= 0.3 is 0 Å². The van der Waals surface area contributed by atoms with Crippen LogP contribution in [0.3, 0.4) is 0 Å². The van der Waals surface area contributed by atoms with Crippen LogP contribution in [0.15, 0.2) is 24.5 Å². The van der Waals surface area contributed by atoms with Crippen LogP contribution in [-0.2, 0) is 33.2 Å². The Hall–Kier alpha value is -3.12. The standard InChI is InChI=1S/C19H27N5O6S/c1-5-7-20-18(26)15-10-14(12-23(15)2)22-19(27)16-9-13(11-24(16)3)21-17(25)6-8-31(28,29)30-4/h9-12H,5-8H2,1-4H3,(H,20,26)(H,21,25)(H,22,27). The quantitative estimate of drug-likeness (QED) is 0.460. The fourth-order valence-corrected chi connectivity index (χ4v) is 3.37. The van der Waals surface area contributed by atoms with Crippen LogP contribution in [-0.4, -0.2) is 54.7 Å². The summed E-state index contributed by atoms with van der Waals surface area (Å²) >= 11 is 0. The van der Waals surface area contributed by atoms with Crippen LogP contribution in [0.1, 0.15) is 40.7 Å². The van der Waals surface area contributed by atoms with Gasteiger partial charge < -0.3 is 25.1 Å². The highest BCUT2D eigenvalue weighted by Gasteiger charge is 2.17. The zero-order chi connectivity index (χ0) is 23.2. The Labute approximate surface area is 180 Å². The highest BCUT2D eigenvalue weighted by molar-refractivity contribution is 7.86. The minimum atomic E-state index is -3.73. The molecule has 0 aliphatic rings. The van der Waals surface area contributed by atoms with E-state index in [0.29, 0.717) is 23.6 Å². The Morgan fingerprint density at radius 1 is 0.968 bits per heavy atom. The van der Waals surface area contributed by atoms with Crippen molar-refractivity contribution in [1.29, 1.82) is 0 Å². The Bertz CT molecular complexity index is 1070.